The minimum atomic E-state index is -0.185. The van der Waals surface area contributed by atoms with Gasteiger partial charge in [0, 0.05) is 18.1 Å². The maximum absolute atomic E-state index is 12.6. The first kappa shape index (κ1) is 27.9. The molecule has 2 rings (SSSR count). The van der Waals surface area contributed by atoms with E-state index in [0.717, 1.165) is 17.4 Å². The van der Waals surface area contributed by atoms with Crippen molar-refractivity contribution in [1.82, 2.24) is 0 Å². The van der Waals surface area contributed by atoms with Crippen LogP contribution in [0.4, 0.5) is 0 Å². The average molecular weight is 469 g/mol. The van der Waals surface area contributed by atoms with Gasteiger partial charge in [0.15, 0.2) is 5.78 Å². The maximum Gasteiger partial charge on any atom is 0.196 e. The van der Waals surface area contributed by atoms with Gasteiger partial charge in [-0.05, 0) is 25.0 Å². The van der Waals surface area contributed by atoms with Gasteiger partial charge in [0.1, 0.15) is 11.5 Å². The predicted molar refractivity (Wildman–Crippen MR) is 142 cm³/mol. The number of rotatable bonds is 18. The lowest BCUT2D eigenvalue weighted by Crippen LogP contribution is -2.41. The molecule has 188 valence electrons. The number of benzene rings is 2. The molecular weight excluding hydrogens is 422 g/mol. The number of nitrogens with zero attached hydrogens (tertiary/aromatic N) is 1. The molecule has 0 atom stereocenters. The van der Waals surface area contributed by atoms with Gasteiger partial charge in [0.05, 0.1) is 39.4 Å². The molecule has 0 heterocycles. The highest BCUT2D eigenvalue weighted by Crippen LogP contribution is 2.26. The van der Waals surface area contributed by atoms with Gasteiger partial charge in [0.2, 0.25) is 0 Å². The Morgan fingerprint density at radius 2 is 1.38 bits per heavy atom. The van der Waals surface area contributed by atoms with E-state index in [1.807, 2.05) is 18.2 Å². The van der Waals surface area contributed by atoms with E-state index in [2.05, 4.69) is 21.0 Å². The van der Waals surface area contributed by atoms with Crippen molar-refractivity contribution >= 4 is 5.78 Å². The number of ether oxygens (including phenoxy) is 1. The summed E-state index contributed by atoms with van der Waals surface area (Å²) < 4.78 is 6.86. The first-order valence-corrected chi connectivity index (χ1v) is 13.3. The maximum atomic E-state index is 12.6. The standard InChI is InChI=1S/C30H45NO3/c1-4-5-6-7-8-9-10-11-12-16-22-31(2,3)23-17-24-34-27-20-21-28(29(32)25-27)30(33)26-18-14-13-15-19-26/h13-15,18-21,25H,4-12,16-17,22-24H2,1-3H3/p+1. The Labute approximate surface area is 207 Å². The molecule has 0 amide bonds. The van der Waals surface area contributed by atoms with E-state index in [1.54, 1.807) is 30.3 Å². The summed E-state index contributed by atoms with van der Waals surface area (Å²) in [7, 11) is 4.59. The molecule has 0 saturated heterocycles. The first-order chi connectivity index (χ1) is 16.4. The second kappa shape index (κ2) is 15.5. The lowest BCUT2D eigenvalue weighted by Gasteiger charge is -2.30. The minimum absolute atomic E-state index is 0.0385. The lowest BCUT2D eigenvalue weighted by molar-refractivity contribution is -0.890. The van der Waals surface area contributed by atoms with E-state index in [0.29, 0.717) is 23.5 Å². The van der Waals surface area contributed by atoms with Gasteiger partial charge in [-0.15, -0.1) is 0 Å². The number of quaternary nitrogens is 1. The Morgan fingerprint density at radius 3 is 2.00 bits per heavy atom. The Bertz CT molecular complexity index is 832. The third-order valence-electron chi connectivity index (χ3n) is 6.54. The van der Waals surface area contributed by atoms with Crippen LogP contribution in [0.1, 0.15) is 93.5 Å². The number of hydrogen-bond donors (Lipinski definition) is 1. The molecular formula is C30H46NO3+. The van der Waals surface area contributed by atoms with Crippen LogP contribution in [0.25, 0.3) is 0 Å². The topological polar surface area (TPSA) is 46.5 Å². The van der Waals surface area contributed by atoms with Crippen LogP contribution in [-0.4, -0.2) is 49.2 Å². The summed E-state index contributed by atoms with van der Waals surface area (Å²) in [6.45, 7) is 5.14. The molecule has 4 heteroatoms. The quantitative estimate of drug-likeness (QED) is 0.141. The van der Waals surface area contributed by atoms with Crippen molar-refractivity contribution < 1.29 is 19.1 Å². The molecule has 2 aromatic carbocycles. The van der Waals surface area contributed by atoms with Gasteiger partial charge in [-0.25, -0.2) is 0 Å². The summed E-state index contributed by atoms with van der Waals surface area (Å²) in [6, 6.07) is 14.0. The summed E-state index contributed by atoms with van der Waals surface area (Å²) in [6.07, 6.45) is 14.7. The molecule has 0 aliphatic carbocycles. The first-order valence-electron chi connectivity index (χ1n) is 13.3. The highest BCUT2D eigenvalue weighted by atomic mass is 16.5. The second-order valence-corrected chi connectivity index (χ2v) is 10.1. The van der Waals surface area contributed by atoms with Gasteiger partial charge in [-0.3, -0.25) is 4.79 Å². The molecule has 1 N–H and O–H groups in total. The van der Waals surface area contributed by atoms with Crippen LogP contribution in [-0.2, 0) is 0 Å². The molecule has 34 heavy (non-hydrogen) atoms. The summed E-state index contributed by atoms with van der Waals surface area (Å²) in [5.41, 5.74) is 0.863. The smallest absolute Gasteiger partial charge is 0.196 e. The van der Waals surface area contributed by atoms with Crippen molar-refractivity contribution in [1.29, 1.82) is 0 Å². The molecule has 0 radical (unpaired) electrons. The lowest BCUT2D eigenvalue weighted by atomic mass is 10.0. The highest BCUT2D eigenvalue weighted by molar-refractivity contribution is 6.10. The van der Waals surface area contributed by atoms with E-state index < -0.39 is 0 Å². The van der Waals surface area contributed by atoms with E-state index in [4.69, 9.17) is 4.74 Å². The average Bonchev–Trinajstić information content (AvgIpc) is 2.83. The Hall–Kier alpha value is -2.33. The zero-order valence-electron chi connectivity index (χ0n) is 21.7. The normalized spacial score (nSPS) is 11.5. The molecule has 0 aliphatic heterocycles. The van der Waals surface area contributed by atoms with Crippen LogP contribution in [0.3, 0.4) is 0 Å². The summed E-state index contributed by atoms with van der Waals surface area (Å²) in [4.78, 5) is 12.6. The van der Waals surface area contributed by atoms with E-state index in [9.17, 15) is 9.90 Å². The fourth-order valence-corrected chi connectivity index (χ4v) is 4.36. The van der Waals surface area contributed by atoms with Crippen molar-refractivity contribution in [2.24, 2.45) is 0 Å². The zero-order chi connectivity index (χ0) is 24.7. The fourth-order valence-electron chi connectivity index (χ4n) is 4.36. The van der Waals surface area contributed by atoms with Crippen LogP contribution in [0, 0.1) is 0 Å². The molecule has 0 bridgehead atoms. The number of carbonyl (C=O) groups is 1. The van der Waals surface area contributed by atoms with Crippen molar-refractivity contribution in [2.75, 3.05) is 33.8 Å². The van der Waals surface area contributed by atoms with Crippen molar-refractivity contribution in [3.8, 4) is 11.5 Å². The van der Waals surface area contributed by atoms with E-state index >= 15 is 0 Å². The minimum Gasteiger partial charge on any atom is -0.507 e. The molecule has 0 aliphatic rings. The molecule has 2 aromatic rings. The Kier molecular flexibility index (Phi) is 12.8. The van der Waals surface area contributed by atoms with Gasteiger partial charge < -0.3 is 14.3 Å². The number of carbonyl (C=O) groups excluding carboxylic acids is 1. The molecule has 0 saturated carbocycles. The van der Waals surface area contributed by atoms with Crippen LogP contribution in [0.5, 0.6) is 11.5 Å². The van der Waals surface area contributed by atoms with Crippen molar-refractivity contribution in [2.45, 2.75) is 77.6 Å². The Morgan fingerprint density at radius 1 is 0.794 bits per heavy atom. The highest BCUT2D eigenvalue weighted by Gasteiger charge is 2.16. The number of phenols is 1. The number of unbranched alkanes of at least 4 members (excludes halogenated alkanes) is 9. The number of aromatic hydroxyl groups is 1. The monoisotopic (exact) mass is 468 g/mol. The van der Waals surface area contributed by atoms with Crippen LogP contribution in [0.2, 0.25) is 0 Å². The van der Waals surface area contributed by atoms with Crippen LogP contribution >= 0.6 is 0 Å². The Balaban J connectivity index is 1.60. The molecule has 0 unspecified atom stereocenters. The van der Waals surface area contributed by atoms with Crippen molar-refractivity contribution in [3.05, 3.63) is 59.7 Å². The fraction of sp³-hybridized carbons (Fsp3) is 0.567. The van der Waals surface area contributed by atoms with Crippen molar-refractivity contribution in [3.63, 3.8) is 0 Å². The zero-order valence-corrected chi connectivity index (χ0v) is 21.7. The number of hydrogen-bond acceptors (Lipinski definition) is 3. The van der Waals surface area contributed by atoms with Gasteiger partial charge in [0.25, 0.3) is 0 Å². The third kappa shape index (κ3) is 10.7. The second-order valence-electron chi connectivity index (χ2n) is 10.1. The third-order valence-corrected chi connectivity index (χ3v) is 6.54. The molecule has 0 spiro atoms. The van der Waals surface area contributed by atoms with Gasteiger partial charge >= 0.3 is 0 Å². The molecule has 4 nitrogen and oxygen atoms in total. The summed E-state index contributed by atoms with van der Waals surface area (Å²) in [5.74, 6) is 0.376. The van der Waals surface area contributed by atoms with E-state index in [-0.39, 0.29) is 11.5 Å². The molecule has 0 aromatic heterocycles. The van der Waals surface area contributed by atoms with Gasteiger partial charge in [-0.1, -0.05) is 88.6 Å². The number of phenolic OH excluding ortho intramolecular Hbond substituents is 1. The SMILES string of the molecule is CCCCCCCCCCCC[N+](C)(C)CCCOc1ccc(C(=O)c2ccccc2)c(O)c1. The summed E-state index contributed by atoms with van der Waals surface area (Å²) in [5, 5.41) is 10.3. The summed E-state index contributed by atoms with van der Waals surface area (Å²) >= 11 is 0. The molecule has 0 fully saturated rings. The van der Waals surface area contributed by atoms with E-state index in [1.165, 1.54) is 70.8 Å². The number of ketones is 1. The predicted octanol–water partition coefficient (Wildman–Crippen LogP) is 7.39. The van der Waals surface area contributed by atoms with Gasteiger partial charge in [-0.2, -0.15) is 0 Å². The van der Waals surface area contributed by atoms with Crippen LogP contribution in [0.15, 0.2) is 48.5 Å². The van der Waals surface area contributed by atoms with Crippen LogP contribution < -0.4 is 4.74 Å². The largest absolute Gasteiger partial charge is 0.507 e.